The Kier molecular flexibility index (Phi) is 3.43. The number of amides is 1. The number of morpholine rings is 1. The van der Waals surface area contributed by atoms with E-state index in [1.54, 1.807) is 0 Å². The summed E-state index contributed by atoms with van der Waals surface area (Å²) in [6.45, 7) is 3.46. The molecule has 3 fully saturated rings. The fraction of sp³-hybridized carbons (Fsp3) is 0.588. The minimum Gasteiger partial charge on any atom is -0.374 e. The number of carbonyl (C=O) groups excluding carboxylic acids is 1. The fourth-order valence-corrected chi connectivity index (χ4v) is 3.97. The molecule has 0 aromatic heterocycles. The van der Waals surface area contributed by atoms with Crippen molar-refractivity contribution in [3.05, 3.63) is 35.9 Å². The van der Waals surface area contributed by atoms with E-state index in [0.717, 1.165) is 45.5 Å². The van der Waals surface area contributed by atoms with Crippen LogP contribution in [-0.2, 0) is 16.1 Å². The third-order valence-corrected chi connectivity index (χ3v) is 5.06. The zero-order valence-electron chi connectivity index (χ0n) is 12.3. The average Bonchev–Trinajstić information content (AvgIpc) is 3.24. The zero-order valence-corrected chi connectivity index (χ0v) is 12.3. The largest absolute Gasteiger partial charge is 0.374 e. The monoisotopic (exact) mass is 286 g/mol. The molecule has 3 aliphatic rings. The summed E-state index contributed by atoms with van der Waals surface area (Å²) < 4.78 is 5.61. The number of benzene rings is 1. The smallest absolute Gasteiger partial charge is 0.240 e. The van der Waals surface area contributed by atoms with Crippen molar-refractivity contribution in [3.8, 4) is 0 Å². The molecule has 4 heteroatoms. The van der Waals surface area contributed by atoms with Crippen LogP contribution in [0.3, 0.4) is 0 Å². The molecule has 4 nitrogen and oxygen atoms in total. The van der Waals surface area contributed by atoms with Gasteiger partial charge < -0.3 is 9.64 Å². The summed E-state index contributed by atoms with van der Waals surface area (Å²) in [5.74, 6) is 0.333. The van der Waals surface area contributed by atoms with Gasteiger partial charge >= 0.3 is 0 Å². The molecule has 112 valence electrons. The highest BCUT2D eigenvalue weighted by Gasteiger charge is 2.44. The van der Waals surface area contributed by atoms with Crippen molar-refractivity contribution in [2.45, 2.75) is 44.0 Å². The third kappa shape index (κ3) is 2.47. The van der Waals surface area contributed by atoms with Crippen molar-refractivity contribution in [2.24, 2.45) is 0 Å². The zero-order chi connectivity index (χ0) is 14.2. The summed E-state index contributed by atoms with van der Waals surface area (Å²) in [5.41, 5.74) is 1.29. The molecule has 0 saturated carbocycles. The van der Waals surface area contributed by atoms with Crippen molar-refractivity contribution in [1.82, 2.24) is 9.80 Å². The lowest BCUT2D eigenvalue weighted by Crippen LogP contribution is -2.50. The van der Waals surface area contributed by atoms with Gasteiger partial charge in [0, 0.05) is 13.1 Å². The van der Waals surface area contributed by atoms with Crippen LogP contribution < -0.4 is 0 Å². The van der Waals surface area contributed by atoms with Gasteiger partial charge in [0.1, 0.15) is 0 Å². The van der Waals surface area contributed by atoms with Crippen LogP contribution in [0.1, 0.15) is 24.8 Å². The Bertz CT molecular complexity index is 519. The van der Waals surface area contributed by atoms with Crippen LogP contribution in [0, 0.1) is 0 Å². The van der Waals surface area contributed by atoms with Crippen LogP contribution in [0.4, 0.5) is 0 Å². The second-order valence-electron chi connectivity index (χ2n) is 6.45. The summed E-state index contributed by atoms with van der Waals surface area (Å²) >= 11 is 0. The second-order valence-corrected chi connectivity index (χ2v) is 6.45. The van der Waals surface area contributed by atoms with Crippen molar-refractivity contribution in [3.63, 3.8) is 0 Å². The SMILES string of the molecule is O=C([C@@H]1CCCN1Cc1ccccc1)N1CC2CC1CO2. The first-order valence-electron chi connectivity index (χ1n) is 8.01. The van der Waals surface area contributed by atoms with E-state index < -0.39 is 0 Å². The Morgan fingerprint density at radius 3 is 2.86 bits per heavy atom. The summed E-state index contributed by atoms with van der Waals surface area (Å²) in [5, 5.41) is 0. The van der Waals surface area contributed by atoms with E-state index in [1.165, 1.54) is 5.56 Å². The molecule has 1 aromatic rings. The lowest BCUT2D eigenvalue weighted by atomic mass is 10.1. The van der Waals surface area contributed by atoms with E-state index in [-0.39, 0.29) is 6.04 Å². The molecule has 3 aliphatic heterocycles. The van der Waals surface area contributed by atoms with Crippen molar-refractivity contribution in [2.75, 3.05) is 19.7 Å². The molecule has 4 rings (SSSR count). The summed E-state index contributed by atoms with van der Waals surface area (Å²) in [4.78, 5) is 17.3. The molecule has 3 atom stereocenters. The van der Waals surface area contributed by atoms with Gasteiger partial charge in [-0.2, -0.15) is 0 Å². The number of likely N-dealkylation sites (tertiary alicyclic amines) is 2. The number of hydrogen-bond donors (Lipinski definition) is 0. The molecule has 0 spiro atoms. The Hall–Kier alpha value is -1.39. The van der Waals surface area contributed by atoms with Gasteiger partial charge in [0.05, 0.1) is 24.8 Å². The fourth-order valence-electron chi connectivity index (χ4n) is 3.97. The van der Waals surface area contributed by atoms with E-state index in [0.29, 0.717) is 18.1 Å². The first kappa shape index (κ1) is 13.3. The second kappa shape index (κ2) is 5.43. The van der Waals surface area contributed by atoms with Gasteiger partial charge in [-0.15, -0.1) is 0 Å². The highest BCUT2D eigenvalue weighted by molar-refractivity contribution is 5.83. The van der Waals surface area contributed by atoms with E-state index in [4.69, 9.17) is 4.74 Å². The predicted octanol–water partition coefficient (Wildman–Crippen LogP) is 1.65. The molecule has 21 heavy (non-hydrogen) atoms. The van der Waals surface area contributed by atoms with Crippen molar-refractivity contribution in [1.29, 1.82) is 0 Å². The van der Waals surface area contributed by atoms with Crippen LogP contribution in [0.15, 0.2) is 30.3 Å². The molecule has 2 unspecified atom stereocenters. The van der Waals surface area contributed by atoms with Crippen LogP contribution in [0.2, 0.25) is 0 Å². The highest BCUT2D eigenvalue weighted by atomic mass is 16.5. The van der Waals surface area contributed by atoms with Crippen LogP contribution in [0.5, 0.6) is 0 Å². The maximum atomic E-state index is 12.9. The van der Waals surface area contributed by atoms with Gasteiger partial charge in [-0.25, -0.2) is 0 Å². The Balaban J connectivity index is 1.45. The lowest BCUT2D eigenvalue weighted by Gasteiger charge is -2.32. The Morgan fingerprint density at radius 2 is 2.14 bits per heavy atom. The number of carbonyl (C=O) groups is 1. The number of rotatable bonds is 3. The molecular formula is C17H22N2O2. The topological polar surface area (TPSA) is 32.8 Å². The lowest BCUT2D eigenvalue weighted by molar-refractivity contribution is -0.140. The maximum Gasteiger partial charge on any atom is 0.240 e. The summed E-state index contributed by atoms with van der Waals surface area (Å²) in [6.07, 6.45) is 3.46. The minimum absolute atomic E-state index is 0.0737. The van der Waals surface area contributed by atoms with Crippen molar-refractivity contribution < 1.29 is 9.53 Å². The van der Waals surface area contributed by atoms with E-state index in [2.05, 4.69) is 34.1 Å². The number of ether oxygens (including phenoxy) is 1. The van der Waals surface area contributed by atoms with E-state index in [1.807, 2.05) is 6.07 Å². The normalized spacial score (nSPS) is 32.0. The van der Waals surface area contributed by atoms with Crippen LogP contribution >= 0.6 is 0 Å². The molecule has 1 amide bonds. The number of fused-ring (bicyclic) bond motifs is 2. The summed E-state index contributed by atoms with van der Waals surface area (Å²) in [6, 6.07) is 10.9. The van der Waals surface area contributed by atoms with Crippen LogP contribution in [0.25, 0.3) is 0 Å². The number of hydrogen-bond acceptors (Lipinski definition) is 3. The van der Waals surface area contributed by atoms with Crippen molar-refractivity contribution >= 4 is 5.91 Å². The predicted molar refractivity (Wildman–Crippen MR) is 79.7 cm³/mol. The van der Waals surface area contributed by atoms with E-state index >= 15 is 0 Å². The average molecular weight is 286 g/mol. The first-order chi connectivity index (χ1) is 10.3. The minimum atomic E-state index is 0.0737. The summed E-state index contributed by atoms with van der Waals surface area (Å²) in [7, 11) is 0. The highest BCUT2D eigenvalue weighted by Crippen LogP contribution is 2.31. The van der Waals surface area contributed by atoms with Gasteiger partial charge in [-0.1, -0.05) is 30.3 Å². The van der Waals surface area contributed by atoms with Gasteiger partial charge in [0.15, 0.2) is 0 Å². The van der Waals surface area contributed by atoms with Crippen LogP contribution in [-0.4, -0.2) is 53.6 Å². The molecule has 1 aromatic carbocycles. The Labute approximate surface area is 125 Å². The molecule has 3 saturated heterocycles. The third-order valence-electron chi connectivity index (χ3n) is 5.06. The molecule has 0 radical (unpaired) electrons. The quantitative estimate of drug-likeness (QED) is 0.847. The van der Waals surface area contributed by atoms with Gasteiger partial charge in [0.2, 0.25) is 5.91 Å². The Morgan fingerprint density at radius 1 is 1.29 bits per heavy atom. The molecule has 2 bridgehead atoms. The maximum absolute atomic E-state index is 12.9. The molecular weight excluding hydrogens is 264 g/mol. The molecule has 0 aliphatic carbocycles. The van der Waals surface area contributed by atoms with Gasteiger partial charge in [0.25, 0.3) is 0 Å². The standard InChI is InChI=1S/C17H22N2O2/c20-17(19-11-15-9-14(19)12-21-15)16-7-4-8-18(16)10-13-5-2-1-3-6-13/h1-3,5-6,14-16H,4,7-12H2/t14?,15?,16-/m0/s1. The van der Waals surface area contributed by atoms with E-state index in [9.17, 15) is 4.79 Å². The molecule has 0 N–H and O–H groups in total. The number of nitrogens with zero attached hydrogens (tertiary/aromatic N) is 2. The van der Waals surface area contributed by atoms with Gasteiger partial charge in [-0.3, -0.25) is 9.69 Å². The molecule has 3 heterocycles. The first-order valence-corrected chi connectivity index (χ1v) is 8.01. The van der Waals surface area contributed by atoms with Gasteiger partial charge in [-0.05, 0) is 31.4 Å².